The van der Waals surface area contributed by atoms with Gasteiger partial charge in [0.15, 0.2) is 0 Å². The highest BCUT2D eigenvalue weighted by molar-refractivity contribution is 5.55. The summed E-state index contributed by atoms with van der Waals surface area (Å²) in [7, 11) is 3.65. The lowest BCUT2D eigenvalue weighted by molar-refractivity contribution is 0.203. The molecule has 1 aromatic rings. The maximum atomic E-state index is 9.19. The normalized spacial score (nSPS) is 12.4. The molecular formula is C14H24N2O2. The number of hydrogen-bond donors (Lipinski definition) is 2. The molecule has 0 aliphatic rings. The first kappa shape index (κ1) is 15.0. The average molecular weight is 252 g/mol. The van der Waals surface area contributed by atoms with Gasteiger partial charge in [-0.1, -0.05) is 18.2 Å². The van der Waals surface area contributed by atoms with Crippen LogP contribution in [0.5, 0.6) is 0 Å². The lowest BCUT2D eigenvalue weighted by atomic mass is 10.1. The second-order valence-corrected chi connectivity index (χ2v) is 4.27. The highest BCUT2D eigenvalue weighted by Crippen LogP contribution is 2.25. The second kappa shape index (κ2) is 8.08. The summed E-state index contributed by atoms with van der Waals surface area (Å²) in [4.78, 5) is 2.16. The van der Waals surface area contributed by atoms with Gasteiger partial charge in [0.1, 0.15) is 0 Å². The first-order chi connectivity index (χ1) is 8.74. The van der Waals surface area contributed by atoms with Gasteiger partial charge in [-0.2, -0.15) is 0 Å². The fourth-order valence-corrected chi connectivity index (χ4v) is 1.97. The van der Waals surface area contributed by atoms with E-state index in [1.807, 2.05) is 19.2 Å². The van der Waals surface area contributed by atoms with E-state index in [0.29, 0.717) is 13.2 Å². The molecule has 0 fully saturated rings. The Morgan fingerprint density at radius 3 is 2.67 bits per heavy atom. The number of anilines is 1. The van der Waals surface area contributed by atoms with Gasteiger partial charge in [-0.15, -0.1) is 0 Å². The Bertz CT molecular complexity index is 344. The minimum Gasteiger partial charge on any atom is -0.395 e. The quantitative estimate of drug-likeness (QED) is 0.734. The minimum absolute atomic E-state index is 0.145. The van der Waals surface area contributed by atoms with Crippen LogP contribution in [0.15, 0.2) is 24.3 Å². The van der Waals surface area contributed by atoms with E-state index in [0.717, 1.165) is 12.2 Å². The van der Waals surface area contributed by atoms with Crippen molar-refractivity contribution in [3.05, 3.63) is 29.8 Å². The number of para-hydroxylation sites is 1. The fourth-order valence-electron chi connectivity index (χ4n) is 1.97. The van der Waals surface area contributed by atoms with Gasteiger partial charge in [0.25, 0.3) is 0 Å². The molecule has 4 nitrogen and oxygen atoms in total. The van der Waals surface area contributed by atoms with Crippen molar-refractivity contribution in [3.8, 4) is 0 Å². The third kappa shape index (κ3) is 3.98. The van der Waals surface area contributed by atoms with Crippen molar-refractivity contribution in [1.29, 1.82) is 0 Å². The van der Waals surface area contributed by atoms with Crippen LogP contribution < -0.4 is 10.2 Å². The van der Waals surface area contributed by atoms with Crippen LogP contribution in [-0.2, 0) is 4.74 Å². The Labute approximate surface area is 110 Å². The molecule has 1 unspecified atom stereocenters. The molecule has 1 atom stereocenters. The molecule has 0 saturated heterocycles. The molecule has 0 saturated carbocycles. The lowest BCUT2D eigenvalue weighted by Crippen LogP contribution is -2.31. The van der Waals surface area contributed by atoms with Crippen molar-refractivity contribution in [2.45, 2.75) is 13.0 Å². The molecular weight excluding hydrogens is 228 g/mol. The molecule has 0 bridgehead atoms. The van der Waals surface area contributed by atoms with Crippen LogP contribution >= 0.6 is 0 Å². The molecule has 0 aliphatic carbocycles. The topological polar surface area (TPSA) is 44.7 Å². The molecule has 18 heavy (non-hydrogen) atoms. The van der Waals surface area contributed by atoms with Gasteiger partial charge in [0.05, 0.1) is 13.2 Å². The predicted molar refractivity (Wildman–Crippen MR) is 75.1 cm³/mol. The number of aliphatic hydroxyl groups excluding tert-OH is 1. The molecule has 1 aromatic carbocycles. The van der Waals surface area contributed by atoms with Crippen LogP contribution in [0.2, 0.25) is 0 Å². The summed E-state index contributed by atoms with van der Waals surface area (Å²) in [6, 6.07) is 8.56. The van der Waals surface area contributed by atoms with Crippen molar-refractivity contribution < 1.29 is 9.84 Å². The van der Waals surface area contributed by atoms with Gasteiger partial charge >= 0.3 is 0 Å². The zero-order chi connectivity index (χ0) is 13.4. The van der Waals surface area contributed by atoms with Crippen LogP contribution in [0.3, 0.4) is 0 Å². The van der Waals surface area contributed by atoms with E-state index >= 15 is 0 Å². The second-order valence-electron chi connectivity index (χ2n) is 4.27. The zero-order valence-corrected chi connectivity index (χ0v) is 11.5. The number of hydrogen-bond acceptors (Lipinski definition) is 4. The third-order valence-electron chi connectivity index (χ3n) is 3.11. The molecule has 2 N–H and O–H groups in total. The highest BCUT2D eigenvalue weighted by atomic mass is 16.5. The van der Waals surface area contributed by atoms with Crippen LogP contribution in [0.25, 0.3) is 0 Å². The number of aliphatic hydroxyl groups is 1. The van der Waals surface area contributed by atoms with E-state index in [1.165, 1.54) is 5.56 Å². The van der Waals surface area contributed by atoms with Crippen molar-refractivity contribution in [2.24, 2.45) is 0 Å². The summed E-state index contributed by atoms with van der Waals surface area (Å²) in [5.74, 6) is 0. The average Bonchev–Trinajstić information content (AvgIpc) is 2.42. The Balaban J connectivity index is 2.94. The number of rotatable bonds is 8. The summed E-state index contributed by atoms with van der Waals surface area (Å²) in [6.45, 7) is 4.34. The SMILES string of the molecule is CNC(C)c1ccccc1N(CCO)CCOC. The summed E-state index contributed by atoms with van der Waals surface area (Å²) in [6.07, 6.45) is 0. The third-order valence-corrected chi connectivity index (χ3v) is 3.11. The summed E-state index contributed by atoms with van der Waals surface area (Å²) < 4.78 is 5.13. The Morgan fingerprint density at radius 2 is 2.06 bits per heavy atom. The largest absolute Gasteiger partial charge is 0.395 e. The van der Waals surface area contributed by atoms with E-state index < -0.39 is 0 Å². The molecule has 102 valence electrons. The van der Waals surface area contributed by atoms with Crippen molar-refractivity contribution in [3.63, 3.8) is 0 Å². The van der Waals surface area contributed by atoms with Crippen LogP contribution in [0, 0.1) is 0 Å². The monoisotopic (exact) mass is 252 g/mol. The Morgan fingerprint density at radius 1 is 1.33 bits per heavy atom. The fraction of sp³-hybridized carbons (Fsp3) is 0.571. The standard InChI is InChI=1S/C14H24N2O2/c1-12(15-2)13-6-4-5-7-14(13)16(8-10-17)9-11-18-3/h4-7,12,15,17H,8-11H2,1-3H3. The van der Waals surface area contributed by atoms with Gasteiger partial charge < -0.3 is 20.1 Å². The van der Waals surface area contributed by atoms with Gasteiger partial charge in [-0.05, 0) is 25.6 Å². The van der Waals surface area contributed by atoms with Gasteiger partial charge in [-0.25, -0.2) is 0 Å². The summed E-state index contributed by atoms with van der Waals surface area (Å²) in [5, 5.41) is 12.4. The summed E-state index contributed by atoms with van der Waals surface area (Å²) >= 11 is 0. The first-order valence-corrected chi connectivity index (χ1v) is 6.35. The molecule has 0 heterocycles. The van der Waals surface area contributed by atoms with Crippen LogP contribution in [0.4, 0.5) is 5.69 Å². The molecule has 1 rings (SSSR count). The molecule has 4 heteroatoms. The van der Waals surface area contributed by atoms with E-state index in [2.05, 4.69) is 29.3 Å². The van der Waals surface area contributed by atoms with E-state index in [-0.39, 0.29) is 12.6 Å². The van der Waals surface area contributed by atoms with Crippen molar-refractivity contribution in [1.82, 2.24) is 5.32 Å². The Hall–Kier alpha value is -1.10. The van der Waals surface area contributed by atoms with Crippen molar-refractivity contribution >= 4 is 5.69 Å². The maximum absolute atomic E-state index is 9.19. The van der Waals surface area contributed by atoms with E-state index in [1.54, 1.807) is 7.11 Å². The molecule has 0 radical (unpaired) electrons. The van der Waals surface area contributed by atoms with E-state index in [9.17, 15) is 5.11 Å². The van der Waals surface area contributed by atoms with E-state index in [4.69, 9.17) is 4.74 Å². The number of nitrogens with one attached hydrogen (secondary N) is 1. The highest BCUT2D eigenvalue weighted by Gasteiger charge is 2.13. The first-order valence-electron chi connectivity index (χ1n) is 6.35. The smallest absolute Gasteiger partial charge is 0.0637 e. The molecule has 0 spiro atoms. The molecule has 0 aliphatic heterocycles. The zero-order valence-electron chi connectivity index (χ0n) is 11.5. The Kier molecular flexibility index (Phi) is 6.72. The van der Waals surface area contributed by atoms with Gasteiger partial charge in [0.2, 0.25) is 0 Å². The van der Waals surface area contributed by atoms with Gasteiger partial charge in [-0.3, -0.25) is 0 Å². The number of benzene rings is 1. The van der Waals surface area contributed by atoms with Crippen molar-refractivity contribution in [2.75, 3.05) is 45.4 Å². The number of methoxy groups -OCH3 is 1. The number of nitrogens with zero attached hydrogens (tertiary/aromatic N) is 1. The number of ether oxygens (including phenoxy) is 1. The summed E-state index contributed by atoms with van der Waals surface area (Å²) in [5.41, 5.74) is 2.40. The molecule has 0 amide bonds. The minimum atomic E-state index is 0.145. The molecule has 0 aromatic heterocycles. The van der Waals surface area contributed by atoms with Gasteiger partial charge in [0, 0.05) is 31.9 Å². The maximum Gasteiger partial charge on any atom is 0.0637 e. The predicted octanol–water partition coefficient (Wildman–Crippen LogP) is 1.41. The lowest BCUT2D eigenvalue weighted by Gasteiger charge is -2.28. The van der Waals surface area contributed by atoms with Crippen LogP contribution in [-0.4, -0.2) is 45.6 Å². The van der Waals surface area contributed by atoms with Crippen LogP contribution in [0.1, 0.15) is 18.5 Å².